The number of rotatable bonds is 7. The van der Waals surface area contributed by atoms with Crippen molar-refractivity contribution in [2.75, 3.05) is 6.61 Å². The first-order valence-electron chi connectivity index (χ1n) is 6.67. The molecule has 0 aliphatic carbocycles. The van der Waals surface area contributed by atoms with E-state index in [4.69, 9.17) is 4.74 Å². The van der Waals surface area contributed by atoms with Gasteiger partial charge in [0.2, 0.25) is 0 Å². The molecule has 1 unspecified atom stereocenters. The Morgan fingerprint density at radius 2 is 2.10 bits per heavy atom. The number of aromatic nitrogens is 3. The number of carboxylic acids is 1. The van der Waals surface area contributed by atoms with E-state index in [0.717, 1.165) is 0 Å². The first-order valence-corrected chi connectivity index (χ1v) is 6.67. The van der Waals surface area contributed by atoms with E-state index in [-0.39, 0.29) is 13.0 Å². The Bertz CT molecular complexity index is 484. The van der Waals surface area contributed by atoms with Crippen molar-refractivity contribution in [3.05, 3.63) is 12.2 Å². The number of nitrogens with zero attached hydrogens (tertiary/aromatic N) is 3. The second kappa shape index (κ2) is 6.49. The van der Waals surface area contributed by atoms with Crippen LogP contribution < -0.4 is 0 Å². The summed E-state index contributed by atoms with van der Waals surface area (Å²) >= 11 is 0. The van der Waals surface area contributed by atoms with Crippen LogP contribution in [0.15, 0.2) is 6.33 Å². The highest BCUT2D eigenvalue weighted by atomic mass is 16.5. The standard InChI is InChI=1S/C13H21N3O4/c1-5-16-10(14-8-15-16)7-13(9(3)4,11(17)18)12(19)20-6-2/h8-9H,5-7H2,1-4H3,(H,17,18). The maximum atomic E-state index is 12.2. The molecule has 1 aromatic rings. The SMILES string of the molecule is CCOC(=O)C(Cc1ncnn1CC)(C(=O)O)C(C)C. The third-order valence-corrected chi connectivity index (χ3v) is 3.44. The van der Waals surface area contributed by atoms with Gasteiger partial charge < -0.3 is 9.84 Å². The van der Waals surface area contributed by atoms with Crippen LogP contribution in [0.3, 0.4) is 0 Å². The summed E-state index contributed by atoms with van der Waals surface area (Å²) in [5, 5.41) is 13.6. The lowest BCUT2D eigenvalue weighted by molar-refractivity contribution is -0.172. The van der Waals surface area contributed by atoms with Crippen molar-refractivity contribution in [3.8, 4) is 0 Å². The lowest BCUT2D eigenvalue weighted by Crippen LogP contribution is -2.47. The van der Waals surface area contributed by atoms with Gasteiger partial charge in [0.15, 0.2) is 5.41 Å². The molecule has 1 rings (SSSR count). The normalized spacial score (nSPS) is 14.1. The fourth-order valence-corrected chi connectivity index (χ4v) is 2.12. The van der Waals surface area contributed by atoms with Crippen LogP contribution in [0.25, 0.3) is 0 Å². The van der Waals surface area contributed by atoms with Gasteiger partial charge in [-0.2, -0.15) is 5.10 Å². The molecule has 20 heavy (non-hydrogen) atoms. The topological polar surface area (TPSA) is 94.3 Å². The molecule has 0 aromatic carbocycles. The van der Waals surface area contributed by atoms with Crippen LogP contribution in [0.2, 0.25) is 0 Å². The summed E-state index contributed by atoms with van der Waals surface area (Å²) in [6.07, 6.45) is 1.32. The van der Waals surface area contributed by atoms with Gasteiger partial charge in [-0.3, -0.25) is 14.3 Å². The monoisotopic (exact) mass is 283 g/mol. The van der Waals surface area contributed by atoms with Crippen LogP contribution in [0.5, 0.6) is 0 Å². The van der Waals surface area contributed by atoms with Gasteiger partial charge in [-0.1, -0.05) is 13.8 Å². The van der Waals surface area contributed by atoms with E-state index < -0.39 is 23.3 Å². The zero-order chi connectivity index (χ0) is 15.3. The molecule has 0 bridgehead atoms. The molecule has 0 radical (unpaired) electrons. The summed E-state index contributed by atoms with van der Waals surface area (Å²) in [5.74, 6) is -1.89. The van der Waals surface area contributed by atoms with Gasteiger partial charge in [0.05, 0.1) is 6.61 Å². The van der Waals surface area contributed by atoms with E-state index in [2.05, 4.69) is 10.1 Å². The molecule has 0 amide bonds. The Labute approximate surface area is 118 Å². The van der Waals surface area contributed by atoms with Crippen LogP contribution in [0.4, 0.5) is 0 Å². The van der Waals surface area contributed by atoms with Crippen molar-refractivity contribution >= 4 is 11.9 Å². The van der Waals surface area contributed by atoms with Crippen molar-refractivity contribution in [1.29, 1.82) is 0 Å². The van der Waals surface area contributed by atoms with Crippen LogP contribution in [-0.2, 0) is 27.3 Å². The first-order chi connectivity index (χ1) is 9.40. The fraction of sp³-hybridized carbons (Fsp3) is 0.692. The highest BCUT2D eigenvalue weighted by Crippen LogP contribution is 2.33. The van der Waals surface area contributed by atoms with Gasteiger partial charge in [-0.25, -0.2) is 4.98 Å². The minimum Gasteiger partial charge on any atom is -0.480 e. The molecular formula is C13H21N3O4. The summed E-state index contributed by atoms with van der Waals surface area (Å²) in [5.41, 5.74) is -1.64. The Kier molecular flexibility index (Phi) is 5.24. The molecule has 7 nitrogen and oxygen atoms in total. The maximum Gasteiger partial charge on any atom is 0.324 e. The van der Waals surface area contributed by atoms with Crippen molar-refractivity contribution in [1.82, 2.24) is 14.8 Å². The zero-order valence-electron chi connectivity index (χ0n) is 12.3. The Balaban J connectivity index is 3.23. The van der Waals surface area contributed by atoms with Crippen LogP contribution in [0.1, 0.15) is 33.5 Å². The predicted molar refractivity (Wildman–Crippen MR) is 70.9 cm³/mol. The molecular weight excluding hydrogens is 262 g/mol. The van der Waals surface area contributed by atoms with Gasteiger partial charge in [-0.15, -0.1) is 0 Å². The molecule has 1 aromatic heterocycles. The lowest BCUT2D eigenvalue weighted by Gasteiger charge is -2.30. The molecule has 0 fully saturated rings. The van der Waals surface area contributed by atoms with E-state index in [1.807, 2.05) is 6.92 Å². The first kappa shape index (κ1) is 16.1. The zero-order valence-corrected chi connectivity index (χ0v) is 12.3. The Morgan fingerprint density at radius 1 is 1.45 bits per heavy atom. The van der Waals surface area contributed by atoms with E-state index in [1.165, 1.54) is 6.33 Å². The molecule has 0 aliphatic rings. The number of carbonyl (C=O) groups excluding carboxylic acids is 1. The van der Waals surface area contributed by atoms with E-state index >= 15 is 0 Å². The van der Waals surface area contributed by atoms with Gasteiger partial charge in [-0.05, 0) is 19.8 Å². The summed E-state index contributed by atoms with van der Waals surface area (Å²) < 4.78 is 6.56. The number of carbonyl (C=O) groups is 2. The number of aryl methyl sites for hydroxylation is 1. The number of aliphatic carboxylic acids is 1. The third-order valence-electron chi connectivity index (χ3n) is 3.44. The molecule has 0 saturated carbocycles. The van der Waals surface area contributed by atoms with Crippen LogP contribution in [0, 0.1) is 11.3 Å². The van der Waals surface area contributed by atoms with Crippen LogP contribution in [-0.4, -0.2) is 38.4 Å². The summed E-state index contributed by atoms with van der Waals surface area (Å²) in [6, 6.07) is 0. The highest BCUT2D eigenvalue weighted by Gasteiger charge is 2.51. The van der Waals surface area contributed by atoms with Gasteiger partial charge in [0, 0.05) is 13.0 Å². The summed E-state index contributed by atoms with van der Waals surface area (Å²) in [6.45, 7) is 7.61. The Morgan fingerprint density at radius 3 is 2.55 bits per heavy atom. The molecule has 1 heterocycles. The average Bonchev–Trinajstić information content (AvgIpc) is 2.82. The lowest BCUT2D eigenvalue weighted by atomic mass is 9.74. The second-order valence-electron chi connectivity index (χ2n) is 4.82. The maximum absolute atomic E-state index is 12.2. The largest absolute Gasteiger partial charge is 0.480 e. The quantitative estimate of drug-likeness (QED) is 0.595. The van der Waals surface area contributed by atoms with E-state index in [0.29, 0.717) is 12.4 Å². The van der Waals surface area contributed by atoms with Crippen LogP contribution >= 0.6 is 0 Å². The van der Waals surface area contributed by atoms with Gasteiger partial charge in [0.1, 0.15) is 12.2 Å². The minimum atomic E-state index is -1.64. The summed E-state index contributed by atoms with van der Waals surface area (Å²) in [4.78, 5) is 28.0. The van der Waals surface area contributed by atoms with Gasteiger partial charge in [0.25, 0.3) is 0 Å². The smallest absolute Gasteiger partial charge is 0.324 e. The minimum absolute atomic E-state index is 0.0350. The number of hydrogen-bond acceptors (Lipinski definition) is 5. The molecule has 7 heteroatoms. The number of hydrogen-bond donors (Lipinski definition) is 1. The molecule has 1 N–H and O–H groups in total. The third kappa shape index (κ3) is 2.81. The number of esters is 1. The van der Waals surface area contributed by atoms with Crippen molar-refractivity contribution in [2.24, 2.45) is 11.3 Å². The molecule has 0 saturated heterocycles. The van der Waals surface area contributed by atoms with Crippen molar-refractivity contribution < 1.29 is 19.4 Å². The Hall–Kier alpha value is -1.92. The van der Waals surface area contributed by atoms with E-state index in [9.17, 15) is 14.7 Å². The highest BCUT2D eigenvalue weighted by molar-refractivity contribution is 5.99. The second-order valence-corrected chi connectivity index (χ2v) is 4.82. The average molecular weight is 283 g/mol. The molecule has 1 atom stereocenters. The molecule has 0 aliphatic heterocycles. The molecule has 0 spiro atoms. The number of carboxylic acid groups (broad SMARTS) is 1. The van der Waals surface area contributed by atoms with E-state index in [1.54, 1.807) is 25.5 Å². The van der Waals surface area contributed by atoms with Crippen molar-refractivity contribution in [2.45, 2.75) is 40.7 Å². The van der Waals surface area contributed by atoms with Gasteiger partial charge >= 0.3 is 11.9 Å². The summed E-state index contributed by atoms with van der Waals surface area (Å²) in [7, 11) is 0. The predicted octanol–water partition coefficient (Wildman–Crippen LogP) is 1.13. The fourth-order valence-electron chi connectivity index (χ4n) is 2.12. The van der Waals surface area contributed by atoms with Crippen molar-refractivity contribution in [3.63, 3.8) is 0 Å². The number of ether oxygens (including phenoxy) is 1. The molecule has 112 valence electrons.